The van der Waals surface area contributed by atoms with Crippen LogP contribution in [0.2, 0.25) is 10.0 Å². The summed E-state index contributed by atoms with van der Waals surface area (Å²) in [7, 11) is 0. The molecule has 1 amide bonds. The number of hydrogen-bond donors (Lipinski definition) is 1. The van der Waals surface area contributed by atoms with Crippen molar-refractivity contribution < 1.29 is 4.79 Å². The standard InChI is InChI=1S/C16H11Cl2N3OS2/c17-11-6-5-10(7-12(11)18)8-19-21-15(22)9-23-16-20-13-3-1-2-4-14(13)24-16/h1-8H,9H2,(H,21,22)/b19-8+. The Morgan fingerprint density at radius 1 is 1.25 bits per heavy atom. The molecule has 3 rings (SSSR count). The van der Waals surface area contributed by atoms with Gasteiger partial charge in [0.1, 0.15) is 0 Å². The molecule has 0 fully saturated rings. The summed E-state index contributed by atoms with van der Waals surface area (Å²) in [5.41, 5.74) is 4.18. The molecule has 122 valence electrons. The third-order valence-corrected chi connectivity index (χ3v) is 5.87. The molecular weight excluding hydrogens is 385 g/mol. The van der Waals surface area contributed by atoms with E-state index in [1.165, 1.54) is 18.0 Å². The molecule has 24 heavy (non-hydrogen) atoms. The Bertz CT molecular complexity index is 878. The number of thiazole rings is 1. The van der Waals surface area contributed by atoms with E-state index in [0.717, 1.165) is 20.1 Å². The lowest BCUT2D eigenvalue weighted by Gasteiger charge is -1.99. The first-order chi connectivity index (χ1) is 11.6. The second-order valence-electron chi connectivity index (χ2n) is 4.70. The normalized spacial score (nSPS) is 11.2. The third kappa shape index (κ3) is 4.48. The van der Waals surface area contributed by atoms with Gasteiger partial charge in [0.2, 0.25) is 0 Å². The fraction of sp³-hybridized carbons (Fsp3) is 0.0625. The number of thioether (sulfide) groups is 1. The molecule has 0 spiro atoms. The average Bonchev–Trinajstić information content (AvgIpc) is 2.99. The first kappa shape index (κ1) is 17.2. The molecule has 0 saturated carbocycles. The van der Waals surface area contributed by atoms with Crippen molar-refractivity contribution in [3.63, 3.8) is 0 Å². The molecule has 0 saturated heterocycles. The van der Waals surface area contributed by atoms with Gasteiger partial charge < -0.3 is 0 Å². The van der Waals surface area contributed by atoms with E-state index in [0.29, 0.717) is 10.0 Å². The van der Waals surface area contributed by atoms with Crippen LogP contribution in [-0.4, -0.2) is 22.9 Å². The van der Waals surface area contributed by atoms with Crippen molar-refractivity contribution in [2.75, 3.05) is 5.75 Å². The van der Waals surface area contributed by atoms with E-state index in [2.05, 4.69) is 15.5 Å². The van der Waals surface area contributed by atoms with Gasteiger partial charge in [0.05, 0.1) is 32.2 Å². The summed E-state index contributed by atoms with van der Waals surface area (Å²) in [6.45, 7) is 0. The molecule has 4 nitrogen and oxygen atoms in total. The lowest BCUT2D eigenvalue weighted by molar-refractivity contribution is -0.118. The van der Waals surface area contributed by atoms with E-state index in [1.54, 1.807) is 29.5 Å². The van der Waals surface area contributed by atoms with Crippen LogP contribution < -0.4 is 5.43 Å². The van der Waals surface area contributed by atoms with Gasteiger partial charge in [0.15, 0.2) is 4.34 Å². The Morgan fingerprint density at radius 2 is 2.08 bits per heavy atom. The van der Waals surface area contributed by atoms with E-state index in [-0.39, 0.29) is 11.7 Å². The number of hydrazone groups is 1. The first-order valence-corrected chi connectivity index (χ1v) is 9.43. The lowest BCUT2D eigenvalue weighted by Crippen LogP contribution is -2.19. The number of nitrogens with one attached hydrogen (secondary N) is 1. The number of para-hydroxylation sites is 1. The molecule has 8 heteroatoms. The van der Waals surface area contributed by atoms with E-state index >= 15 is 0 Å². The highest BCUT2D eigenvalue weighted by Crippen LogP contribution is 2.29. The Balaban J connectivity index is 1.51. The van der Waals surface area contributed by atoms with Crippen LogP contribution in [0.3, 0.4) is 0 Å². The summed E-state index contributed by atoms with van der Waals surface area (Å²) in [6.07, 6.45) is 1.52. The van der Waals surface area contributed by atoms with Gasteiger partial charge in [-0.05, 0) is 29.8 Å². The highest BCUT2D eigenvalue weighted by molar-refractivity contribution is 8.01. The number of aromatic nitrogens is 1. The predicted octanol–water partition coefficient (Wildman–Crippen LogP) is 4.85. The van der Waals surface area contributed by atoms with E-state index in [9.17, 15) is 4.79 Å². The van der Waals surface area contributed by atoms with Gasteiger partial charge >= 0.3 is 0 Å². The second kappa shape index (κ2) is 7.98. The highest BCUT2D eigenvalue weighted by atomic mass is 35.5. The van der Waals surface area contributed by atoms with Gasteiger partial charge in [-0.2, -0.15) is 5.10 Å². The van der Waals surface area contributed by atoms with Crippen LogP contribution in [0.5, 0.6) is 0 Å². The number of hydrogen-bond acceptors (Lipinski definition) is 5. The van der Waals surface area contributed by atoms with Crippen molar-refractivity contribution in [2.45, 2.75) is 4.34 Å². The topological polar surface area (TPSA) is 54.4 Å². The summed E-state index contributed by atoms with van der Waals surface area (Å²) in [5, 5.41) is 4.83. The fourth-order valence-corrected chi connectivity index (χ4v) is 4.01. The predicted molar refractivity (Wildman–Crippen MR) is 103 cm³/mol. The van der Waals surface area contributed by atoms with Gasteiger partial charge in [-0.3, -0.25) is 4.79 Å². The molecule has 0 aliphatic carbocycles. The van der Waals surface area contributed by atoms with Gasteiger partial charge in [0, 0.05) is 0 Å². The summed E-state index contributed by atoms with van der Waals surface area (Å²) in [6, 6.07) is 13.0. The van der Waals surface area contributed by atoms with Crippen molar-refractivity contribution in [3.05, 3.63) is 58.1 Å². The van der Waals surface area contributed by atoms with E-state index < -0.39 is 0 Å². The summed E-state index contributed by atoms with van der Waals surface area (Å²) in [4.78, 5) is 16.3. The zero-order valence-corrected chi connectivity index (χ0v) is 15.3. The minimum absolute atomic E-state index is 0.199. The molecule has 1 N–H and O–H groups in total. The van der Waals surface area contributed by atoms with Crippen LogP contribution in [0.1, 0.15) is 5.56 Å². The van der Waals surface area contributed by atoms with Gasteiger partial charge in [-0.15, -0.1) is 11.3 Å². The van der Waals surface area contributed by atoms with Crippen LogP contribution in [0.15, 0.2) is 51.9 Å². The monoisotopic (exact) mass is 395 g/mol. The SMILES string of the molecule is O=C(CSc1nc2ccccc2s1)N/N=C/c1ccc(Cl)c(Cl)c1. The highest BCUT2D eigenvalue weighted by Gasteiger charge is 2.07. The van der Waals surface area contributed by atoms with Crippen LogP contribution in [0.25, 0.3) is 10.2 Å². The van der Waals surface area contributed by atoms with Crippen LogP contribution in [0, 0.1) is 0 Å². The van der Waals surface area contributed by atoms with Gasteiger partial charge in [-0.1, -0.05) is 53.2 Å². The Morgan fingerprint density at radius 3 is 2.88 bits per heavy atom. The zero-order chi connectivity index (χ0) is 16.9. The molecule has 1 heterocycles. The maximum absolute atomic E-state index is 11.8. The Kier molecular flexibility index (Phi) is 5.73. The van der Waals surface area contributed by atoms with Crippen LogP contribution in [-0.2, 0) is 4.79 Å². The van der Waals surface area contributed by atoms with E-state index in [4.69, 9.17) is 23.2 Å². The minimum Gasteiger partial charge on any atom is -0.272 e. The number of carbonyl (C=O) groups is 1. The molecule has 0 aliphatic rings. The molecule has 0 aliphatic heterocycles. The minimum atomic E-state index is -0.199. The molecule has 3 aromatic rings. The average molecular weight is 396 g/mol. The molecular formula is C16H11Cl2N3OS2. The number of amides is 1. The third-order valence-electron chi connectivity index (χ3n) is 2.95. The number of rotatable bonds is 5. The van der Waals surface area contributed by atoms with Crippen molar-refractivity contribution in [3.8, 4) is 0 Å². The van der Waals surface area contributed by atoms with Gasteiger partial charge in [-0.25, -0.2) is 10.4 Å². The molecule has 0 bridgehead atoms. The van der Waals surface area contributed by atoms with Crippen molar-refractivity contribution in [1.29, 1.82) is 0 Å². The number of fused-ring (bicyclic) bond motifs is 1. The fourth-order valence-electron chi connectivity index (χ4n) is 1.84. The largest absolute Gasteiger partial charge is 0.272 e. The first-order valence-electron chi connectivity index (χ1n) is 6.87. The quantitative estimate of drug-likeness (QED) is 0.381. The molecule has 0 unspecified atom stereocenters. The van der Waals surface area contributed by atoms with Crippen LogP contribution >= 0.6 is 46.3 Å². The number of nitrogens with zero attached hydrogens (tertiary/aromatic N) is 2. The molecule has 2 aromatic carbocycles. The molecule has 1 aromatic heterocycles. The summed E-state index contributed by atoms with van der Waals surface area (Å²) < 4.78 is 1.97. The number of halogens is 2. The smallest absolute Gasteiger partial charge is 0.250 e. The molecule has 0 atom stereocenters. The van der Waals surface area contributed by atoms with Gasteiger partial charge in [0.25, 0.3) is 5.91 Å². The maximum atomic E-state index is 11.8. The second-order valence-corrected chi connectivity index (χ2v) is 7.77. The van der Waals surface area contributed by atoms with Crippen molar-refractivity contribution in [2.24, 2.45) is 5.10 Å². The molecule has 0 radical (unpaired) electrons. The van der Waals surface area contributed by atoms with E-state index in [1.807, 2.05) is 24.3 Å². The Labute approximate surface area is 156 Å². The summed E-state index contributed by atoms with van der Waals surface area (Å²) in [5.74, 6) is 0.0500. The van der Waals surface area contributed by atoms with Crippen molar-refractivity contribution >= 4 is 68.6 Å². The lowest BCUT2D eigenvalue weighted by atomic mass is 10.2. The number of carbonyl (C=O) groups excluding carboxylic acids is 1. The van der Waals surface area contributed by atoms with Crippen LogP contribution in [0.4, 0.5) is 0 Å². The zero-order valence-electron chi connectivity index (χ0n) is 12.2. The number of benzene rings is 2. The summed E-state index contributed by atoms with van der Waals surface area (Å²) >= 11 is 14.7. The Hall–Kier alpha value is -1.60. The maximum Gasteiger partial charge on any atom is 0.250 e. The van der Waals surface area contributed by atoms with Crippen molar-refractivity contribution in [1.82, 2.24) is 10.4 Å².